The van der Waals surface area contributed by atoms with E-state index in [0.29, 0.717) is 47.6 Å². The summed E-state index contributed by atoms with van der Waals surface area (Å²) in [5.41, 5.74) is -0.922. The van der Waals surface area contributed by atoms with E-state index >= 15 is 0 Å². The van der Waals surface area contributed by atoms with Crippen LogP contribution < -0.4 is 9.47 Å². The van der Waals surface area contributed by atoms with Gasteiger partial charge in [-0.1, -0.05) is 6.07 Å². The number of likely N-dealkylation sites (tertiary alicyclic amines) is 1. The van der Waals surface area contributed by atoms with Crippen molar-refractivity contribution in [2.45, 2.75) is 19.0 Å². The Balaban J connectivity index is 1.52. The summed E-state index contributed by atoms with van der Waals surface area (Å²) < 4.78 is 56.4. The van der Waals surface area contributed by atoms with E-state index in [9.17, 15) is 27.6 Å². The number of benzene rings is 2. The summed E-state index contributed by atoms with van der Waals surface area (Å²) in [4.78, 5) is 41.7. The average Bonchev–Trinajstić information content (AvgIpc) is 3.28. The van der Waals surface area contributed by atoms with E-state index in [1.165, 1.54) is 31.0 Å². The molecule has 0 radical (unpaired) electrons. The third-order valence-corrected chi connectivity index (χ3v) is 7.18. The Bertz CT molecular complexity index is 1370. The molecule has 206 valence electrons. The summed E-state index contributed by atoms with van der Waals surface area (Å²) in [6.07, 6.45) is -2.31. The standard InChI is InChI=1S/C26H23F3N2O7S/c1-36-20-11-14(12-21-22(32)30-25(39-21)31-9-7-15(8-10-31)23(33)34)3-5-19(20)38-18-6-4-16(24(35)37-2)13-17(18)26(27,28)29/h3-6,11-13,15H,7-10H2,1-2H3,(H,33,34). The van der Waals surface area contributed by atoms with E-state index < -0.39 is 41.3 Å². The van der Waals surface area contributed by atoms with E-state index in [4.69, 9.17) is 14.6 Å². The molecule has 1 fully saturated rings. The second kappa shape index (κ2) is 11.4. The largest absolute Gasteiger partial charge is 0.493 e. The van der Waals surface area contributed by atoms with Crippen LogP contribution >= 0.6 is 11.8 Å². The zero-order chi connectivity index (χ0) is 28.3. The summed E-state index contributed by atoms with van der Waals surface area (Å²) in [7, 11) is 2.39. The van der Waals surface area contributed by atoms with Crippen LogP contribution in [0.2, 0.25) is 0 Å². The lowest BCUT2D eigenvalue weighted by Crippen LogP contribution is -2.38. The maximum absolute atomic E-state index is 13.7. The topological polar surface area (TPSA) is 115 Å². The van der Waals surface area contributed by atoms with Gasteiger partial charge in [0.15, 0.2) is 16.7 Å². The zero-order valence-corrected chi connectivity index (χ0v) is 21.6. The fraction of sp³-hybridized carbons (Fsp3) is 0.308. The van der Waals surface area contributed by atoms with Gasteiger partial charge in [0.05, 0.1) is 36.2 Å². The Labute approximate surface area is 225 Å². The summed E-state index contributed by atoms with van der Waals surface area (Å²) in [6, 6.07) is 7.29. The number of methoxy groups -OCH3 is 2. The molecule has 0 atom stereocenters. The number of carboxylic acid groups (broad SMARTS) is 1. The molecular weight excluding hydrogens is 541 g/mol. The number of carboxylic acids is 1. The van der Waals surface area contributed by atoms with Crippen LogP contribution in [-0.2, 0) is 20.5 Å². The molecule has 0 spiro atoms. The molecule has 1 amide bonds. The van der Waals surface area contributed by atoms with Gasteiger partial charge in [-0.15, -0.1) is 0 Å². The number of esters is 1. The molecule has 2 aromatic rings. The van der Waals surface area contributed by atoms with Crippen molar-refractivity contribution in [3.05, 3.63) is 58.0 Å². The highest BCUT2D eigenvalue weighted by Gasteiger charge is 2.36. The fourth-order valence-corrected chi connectivity index (χ4v) is 5.03. The van der Waals surface area contributed by atoms with Crippen LogP contribution in [0.3, 0.4) is 0 Å². The van der Waals surface area contributed by atoms with Crippen molar-refractivity contribution in [2.24, 2.45) is 10.9 Å². The van der Waals surface area contributed by atoms with Crippen molar-refractivity contribution in [1.82, 2.24) is 4.90 Å². The summed E-state index contributed by atoms with van der Waals surface area (Å²) in [5, 5.41) is 9.67. The van der Waals surface area contributed by atoms with Gasteiger partial charge < -0.3 is 24.2 Å². The van der Waals surface area contributed by atoms with Gasteiger partial charge in [-0.3, -0.25) is 9.59 Å². The lowest BCUT2D eigenvalue weighted by Gasteiger charge is -2.30. The molecule has 0 bridgehead atoms. The molecule has 2 aromatic carbocycles. The summed E-state index contributed by atoms with van der Waals surface area (Å²) in [6.45, 7) is 0.952. The van der Waals surface area contributed by atoms with Gasteiger partial charge in [-0.2, -0.15) is 18.2 Å². The average molecular weight is 565 g/mol. The van der Waals surface area contributed by atoms with Crippen LogP contribution in [0, 0.1) is 5.92 Å². The third-order valence-electron chi connectivity index (χ3n) is 6.14. The van der Waals surface area contributed by atoms with Gasteiger partial charge in [0.1, 0.15) is 5.75 Å². The van der Waals surface area contributed by atoms with E-state index in [0.717, 1.165) is 19.2 Å². The number of ether oxygens (including phenoxy) is 3. The number of aliphatic carboxylic acids is 1. The molecule has 2 aliphatic rings. The number of piperidine rings is 1. The SMILES string of the molecule is COC(=O)c1ccc(Oc2ccc(C=C3SC(N4CCC(C(=O)O)CC4)=NC3=O)cc2OC)c(C(F)(F)F)c1. The van der Waals surface area contributed by atoms with Crippen molar-refractivity contribution >= 4 is 40.9 Å². The minimum Gasteiger partial charge on any atom is -0.493 e. The molecule has 1 saturated heterocycles. The highest BCUT2D eigenvalue weighted by Crippen LogP contribution is 2.41. The molecule has 13 heteroatoms. The van der Waals surface area contributed by atoms with Gasteiger partial charge in [0.2, 0.25) is 0 Å². The van der Waals surface area contributed by atoms with E-state index in [-0.39, 0.29) is 17.1 Å². The number of carbonyl (C=O) groups is 3. The van der Waals surface area contributed by atoms with Crippen LogP contribution in [0.15, 0.2) is 46.3 Å². The number of alkyl halides is 3. The Morgan fingerprint density at radius 1 is 1.08 bits per heavy atom. The molecule has 2 aliphatic heterocycles. The minimum absolute atomic E-state index is 0.0142. The predicted molar refractivity (Wildman–Crippen MR) is 136 cm³/mol. The molecule has 1 N–H and O–H groups in total. The van der Waals surface area contributed by atoms with Crippen molar-refractivity contribution in [1.29, 1.82) is 0 Å². The number of hydrogen-bond donors (Lipinski definition) is 1. The molecule has 9 nitrogen and oxygen atoms in total. The smallest absolute Gasteiger partial charge is 0.420 e. The molecular formula is C26H23F3N2O7S. The number of amidine groups is 1. The maximum atomic E-state index is 13.7. The number of carbonyl (C=O) groups excluding carboxylic acids is 2. The molecule has 4 rings (SSSR count). The molecule has 2 heterocycles. The predicted octanol–water partition coefficient (Wildman–Crippen LogP) is 5.06. The van der Waals surface area contributed by atoms with E-state index in [1.807, 2.05) is 4.90 Å². The van der Waals surface area contributed by atoms with Crippen molar-refractivity contribution < 1.29 is 46.9 Å². The molecule has 0 saturated carbocycles. The monoisotopic (exact) mass is 564 g/mol. The highest BCUT2D eigenvalue weighted by molar-refractivity contribution is 8.18. The second-order valence-corrected chi connectivity index (χ2v) is 9.63. The van der Waals surface area contributed by atoms with Crippen LogP contribution in [0.25, 0.3) is 6.08 Å². The lowest BCUT2D eigenvalue weighted by molar-refractivity contribution is -0.143. The number of aliphatic imine (C=N–C) groups is 1. The second-order valence-electron chi connectivity index (χ2n) is 8.62. The summed E-state index contributed by atoms with van der Waals surface area (Å²) >= 11 is 1.17. The van der Waals surface area contributed by atoms with Crippen LogP contribution in [0.5, 0.6) is 17.2 Å². The highest BCUT2D eigenvalue weighted by atomic mass is 32.2. The normalized spacial score (nSPS) is 17.3. The number of thioether (sulfide) groups is 1. The summed E-state index contributed by atoms with van der Waals surface area (Å²) in [5.74, 6) is -3.05. The fourth-order valence-electron chi connectivity index (χ4n) is 4.06. The van der Waals surface area contributed by atoms with Crippen molar-refractivity contribution in [2.75, 3.05) is 27.3 Å². The lowest BCUT2D eigenvalue weighted by atomic mass is 9.98. The van der Waals surface area contributed by atoms with Gasteiger partial charge in [-0.05, 0) is 66.6 Å². The molecule has 39 heavy (non-hydrogen) atoms. The van der Waals surface area contributed by atoms with Crippen LogP contribution in [0.1, 0.15) is 34.3 Å². The van der Waals surface area contributed by atoms with Crippen LogP contribution in [0.4, 0.5) is 13.2 Å². The third kappa shape index (κ3) is 6.36. The van der Waals surface area contributed by atoms with Crippen molar-refractivity contribution in [3.8, 4) is 17.2 Å². The first kappa shape index (κ1) is 28.0. The van der Waals surface area contributed by atoms with Gasteiger partial charge in [0.25, 0.3) is 5.91 Å². The maximum Gasteiger partial charge on any atom is 0.420 e. The Hall–Kier alpha value is -4.00. The van der Waals surface area contributed by atoms with Gasteiger partial charge in [-0.25, -0.2) is 4.79 Å². The molecule has 0 aromatic heterocycles. The van der Waals surface area contributed by atoms with Crippen molar-refractivity contribution in [3.63, 3.8) is 0 Å². The minimum atomic E-state index is -4.81. The first-order valence-electron chi connectivity index (χ1n) is 11.7. The molecule has 0 aliphatic carbocycles. The molecule has 0 unspecified atom stereocenters. The van der Waals surface area contributed by atoms with Gasteiger partial charge in [0, 0.05) is 13.1 Å². The Morgan fingerprint density at radius 2 is 1.77 bits per heavy atom. The quantitative estimate of drug-likeness (QED) is 0.380. The Morgan fingerprint density at radius 3 is 2.38 bits per heavy atom. The van der Waals surface area contributed by atoms with E-state index in [1.54, 1.807) is 12.1 Å². The Kier molecular flexibility index (Phi) is 8.19. The number of amides is 1. The van der Waals surface area contributed by atoms with E-state index in [2.05, 4.69) is 9.73 Å². The number of rotatable bonds is 6. The van der Waals surface area contributed by atoms with Gasteiger partial charge >= 0.3 is 18.1 Å². The number of halogens is 3. The number of hydrogen-bond acceptors (Lipinski definition) is 8. The first-order valence-corrected chi connectivity index (χ1v) is 12.5. The number of nitrogens with zero attached hydrogens (tertiary/aromatic N) is 2. The first-order chi connectivity index (χ1) is 18.5. The van der Waals surface area contributed by atoms with Crippen LogP contribution in [-0.4, -0.2) is 60.3 Å². The zero-order valence-electron chi connectivity index (χ0n) is 20.8.